The van der Waals surface area contributed by atoms with Crippen LogP contribution in [0.2, 0.25) is 0 Å². The van der Waals surface area contributed by atoms with Gasteiger partial charge < -0.3 is 20.9 Å². The fourth-order valence-electron chi connectivity index (χ4n) is 4.95. The van der Waals surface area contributed by atoms with Crippen LogP contribution >= 0.6 is 0 Å². The Morgan fingerprint density at radius 2 is 2.06 bits per heavy atom. The number of H-pyrrole nitrogens is 1. The number of imidazole rings is 1. The lowest BCUT2D eigenvalue weighted by molar-refractivity contribution is -0.151. The standard InChI is InChI=1S/C27H35N7O2/c1-5-36-27(35)22-8-6-7-9-25(22)34(33-32-28)19(4)26(20-11-10-17(2)18(3)14-20)31-21-12-13-23-24(15-21)30-16-29-23/h10-16,22,25-26,31H,4-9H2,1-3H3,(H2,28,33)(H,29,30). The van der Waals surface area contributed by atoms with Gasteiger partial charge in [-0.25, -0.2) is 9.99 Å². The number of anilines is 1. The first-order chi connectivity index (χ1) is 17.4. The molecule has 0 aliphatic heterocycles. The zero-order valence-corrected chi connectivity index (χ0v) is 21.2. The molecule has 1 aromatic heterocycles. The van der Waals surface area contributed by atoms with E-state index in [1.165, 1.54) is 11.1 Å². The summed E-state index contributed by atoms with van der Waals surface area (Å²) in [4.78, 5) is 20.3. The van der Waals surface area contributed by atoms with Crippen molar-refractivity contribution in [1.82, 2.24) is 15.0 Å². The molecule has 3 atom stereocenters. The molecule has 1 aliphatic rings. The van der Waals surface area contributed by atoms with E-state index in [-0.39, 0.29) is 24.0 Å². The molecule has 1 fully saturated rings. The molecule has 0 saturated heterocycles. The first-order valence-electron chi connectivity index (χ1n) is 12.4. The van der Waals surface area contributed by atoms with Gasteiger partial charge in [0.05, 0.1) is 47.7 Å². The highest BCUT2D eigenvalue weighted by Gasteiger charge is 2.38. The number of aryl methyl sites for hydroxylation is 2. The van der Waals surface area contributed by atoms with Crippen molar-refractivity contribution >= 4 is 22.7 Å². The van der Waals surface area contributed by atoms with E-state index >= 15 is 0 Å². The van der Waals surface area contributed by atoms with Gasteiger partial charge in [-0.3, -0.25) is 4.79 Å². The summed E-state index contributed by atoms with van der Waals surface area (Å²) in [5, 5.41) is 13.2. The van der Waals surface area contributed by atoms with Gasteiger partial charge >= 0.3 is 5.97 Å². The smallest absolute Gasteiger partial charge is 0.311 e. The second-order valence-corrected chi connectivity index (χ2v) is 9.31. The van der Waals surface area contributed by atoms with E-state index in [0.29, 0.717) is 12.3 Å². The van der Waals surface area contributed by atoms with Crippen molar-refractivity contribution in [3.63, 3.8) is 0 Å². The summed E-state index contributed by atoms with van der Waals surface area (Å²) in [7, 11) is 0. The monoisotopic (exact) mass is 489 g/mol. The molecule has 1 aliphatic carbocycles. The van der Waals surface area contributed by atoms with E-state index in [1.807, 2.05) is 25.1 Å². The number of nitrogens with one attached hydrogen (secondary N) is 2. The Morgan fingerprint density at radius 3 is 2.81 bits per heavy atom. The fraction of sp³-hybridized carbons (Fsp3) is 0.407. The minimum absolute atomic E-state index is 0.215. The van der Waals surface area contributed by atoms with Gasteiger partial charge in [-0.05, 0) is 73.7 Å². The molecule has 0 bridgehead atoms. The third-order valence-corrected chi connectivity index (χ3v) is 7.00. The first kappa shape index (κ1) is 25.2. The van der Waals surface area contributed by atoms with Gasteiger partial charge in [-0.15, -0.1) is 0 Å². The molecule has 4 N–H and O–H groups in total. The molecule has 1 heterocycles. The molecule has 3 unspecified atom stereocenters. The maximum absolute atomic E-state index is 12.8. The first-order valence-corrected chi connectivity index (χ1v) is 12.4. The average Bonchev–Trinajstić information content (AvgIpc) is 3.35. The Labute approximate surface area is 211 Å². The van der Waals surface area contributed by atoms with E-state index in [1.54, 1.807) is 11.3 Å². The lowest BCUT2D eigenvalue weighted by Crippen LogP contribution is -2.44. The number of nitrogens with zero attached hydrogens (tertiary/aromatic N) is 4. The number of esters is 1. The molecular weight excluding hydrogens is 454 g/mol. The third kappa shape index (κ3) is 5.35. The van der Waals surface area contributed by atoms with Gasteiger partial charge in [0.1, 0.15) is 0 Å². The Balaban J connectivity index is 1.72. The van der Waals surface area contributed by atoms with Gasteiger partial charge in [-0.1, -0.05) is 42.8 Å². The zero-order valence-electron chi connectivity index (χ0n) is 21.2. The van der Waals surface area contributed by atoms with Crippen LogP contribution in [0.4, 0.5) is 5.69 Å². The van der Waals surface area contributed by atoms with E-state index in [4.69, 9.17) is 10.6 Å². The molecule has 4 rings (SSSR count). The molecular formula is C27H35N7O2. The summed E-state index contributed by atoms with van der Waals surface area (Å²) >= 11 is 0. The highest BCUT2D eigenvalue weighted by Crippen LogP contribution is 2.37. The number of ether oxygens (including phenoxy) is 1. The number of aromatic amines is 1. The number of aromatic nitrogens is 2. The molecule has 36 heavy (non-hydrogen) atoms. The van der Waals surface area contributed by atoms with Gasteiger partial charge in [0.2, 0.25) is 0 Å². The average molecular weight is 490 g/mol. The number of carbonyl (C=O) groups is 1. The predicted octanol–water partition coefficient (Wildman–Crippen LogP) is 5.51. The number of carbonyl (C=O) groups excluding carboxylic acids is 1. The summed E-state index contributed by atoms with van der Waals surface area (Å²) in [5.41, 5.74) is 6.76. The number of rotatable bonds is 9. The molecule has 0 radical (unpaired) electrons. The quantitative estimate of drug-likeness (QED) is 0.158. The summed E-state index contributed by atoms with van der Waals surface area (Å²) in [6.45, 7) is 10.8. The lowest BCUT2D eigenvalue weighted by atomic mass is 9.83. The largest absolute Gasteiger partial charge is 0.466 e. The number of nitrogens with two attached hydrogens (primary N) is 1. The molecule has 0 amide bonds. The second kappa shape index (κ2) is 11.2. The van der Waals surface area contributed by atoms with Crippen LogP contribution in [0, 0.1) is 19.8 Å². The minimum Gasteiger partial charge on any atom is -0.466 e. The normalized spacial score (nSPS) is 18.8. The van der Waals surface area contributed by atoms with Crippen molar-refractivity contribution in [2.45, 2.75) is 58.5 Å². The van der Waals surface area contributed by atoms with Crippen LogP contribution in [0.5, 0.6) is 0 Å². The number of fused-ring (bicyclic) bond motifs is 1. The van der Waals surface area contributed by atoms with Crippen LogP contribution in [0.1, 0.15) is 55.3 Å². The molecule has 2 aromatic carbocycles. The third-order valence-electron chi connectivity index (χ3n) is 7.00. The van der Waals surface area contributed by atoms with Gasteiger partial charge in [0.15, 0.2) is 0 Å². The predicted molar refractivity (Wildman–Crippen MR) is 141 cm³/mol. The Kier molecular flexibility index (Phi) is 7.87. The van der Waals surface area contributed by atoms with Crippen LogP contribution in [-0.2, 0) is 9.53 Å². The van der Waals surface area contributed by atoms with Crippen LogP contribution in [0.15, 0.2) is 65.4 Å². The maximum Gasteiger partial charge on any atom is 0.311 e. The van der Waals surface area contributed by atoms with E-state index in [2.05, 4.69) is 64.4 Å². The van der Waals surface area contributed by atoms with Gasteiger partial charge in [0.25, 0.3) is 0 Å². The molecule has 1 saturated carbocycles. The topological polar surface area (TPSA) is 121 Å². The molecule has 190 valence electrons. The zero-order chi connectivity index (χ0) is 25.7. The SMILES string of the molecule is C=C(C(Nc1ccc2nc[nH]c2c1)c1ccc(C)c(C)c1)N(/N=N\N)C1CCCCC1C(=O)OCC. The van der Waals surface area contributed by atoms with Gasteiger partial charge in [-0.2, -0.15) is 0 Å². The van der Waals surface area contributed by atoms with Crippen molar-refractivity contribution in [2.24, 2.45) is 22.2 Å². The molecule has 9 heteroatoms. The number of hydrogen-bond acceptors (Lipinski definition) is 6. The maximum atomic E-state index is 12.8. The van der Waals surface area contributed by atoms with E-state index in [9.17, 15) is 4.79 Å². The van der Waals surface area contributed by atoms with Crippen LogP contribution in [-0.4, -0.2) is 33.6 Å². The van der Waals surface area contributed by atoms with Gasteiger partial charge in [0, 0.05) is 5.69 Å². The van der Waals surface area contributed by atoms with Crippen molar-refractivity contribution in [1.29, 1.82) is 0 Å². The summed E-state index contributed by atoms with van der Waals surface area (Å²) in [6.07, 6.45) is 5.11. The van der Waals surface area contributed by atoms with E-state index in [0.717, 1.165) is 48.0 Å². The van der Waals surface area contributed by atoms with Crippen molar-refractivity contribution in [3.05, 3.63) is 71.7 Å². The summed E-state index contributed by atoms with van der Waals surface area (Å²) in [5.74, 6) is 5.02. The number of hydrogen-bond donors (Lipinski definition) is 3. The second-order valence-electron chi connectivity index (χ2n) is 9.31. The van der Waals surface area contributed by atoms with Crippen molar-refractivity contribution in [2.75, 3.05) is 11.9 Å². The van der Waals surface area contributed by atoms with Crippen LogP contribution in [0.3, 0.4) is 0 Å². The molecule has 9 nitrogen and oxygen atoms in total. The van der Waals surface area contributed by atoms with E-state index < -0.39 is 0 Å². The summed E-state index contributed by atoms with van der Waals surface area (Å²) in [6, 6.07) is 11.7. The van der Waals surface area contributed by atoms with Crippen molar-refractivity contribution < 1.29 is 9.53 Å². The number of benzene rings is 2. The fourth-order valence-corrected chi connectivity index (χ4v) is 4.95. The highest BCUT2D eigenvalue weighted by molar-refractivity contribution is 5.79. The minimum atomic E-state index is -0.347. The summed E-state index contributed by atoms with van der Waals surface area (Å²) < 4.78 is 5.40. The van der Waals surface area contributed by atoms with Crippen LogP contribution < -0.4 is 11.2 Å². The van der Waals surface area contributed by atoms with Crippen molar-refractivity contribution in [3.8, 4) is 0 Å². The Hall–Kier alpha value is -3.88. The lowest BCUT2D eigenvalue weighted by Gasteiger charge is -2.39. The molecule has 3 aromatic rings. The Bertz CT molecular complexity index is 1250. The Morgan fingerprint density at radius 1 is 1.25 bits per heavy atom. The molecule has 0 spiro atoms. The highest BCUT2D eigenvalue weighted by atomic mass is 16.5. The van der Waals surface area contributed by atoms with Crippen LogP contribution in [0.25, 0.3) is 11.0 Å².